The van der Waals surface area contributed by atoms with Crippen molar-refractivity contribution in [2.45, 2.75) is 44.4 Å². The van der Waals surface area contributed by atoms with Crippen LogP contribution in [0.1, 0.15) is 26.2 Å². The highest BCUT2D eigenvalue weighted by Crippen LogP contribution is 2.23. The van der Waals surface area contributed by atoms with Gasteiger partial charge in [0.05, 0.1) is 31.3 Å². The fourth-order valence-corrected chi connectivity index (χ4v) is 2.94. The van der Waals surface area contributed by atoms with Gasteiger partial charge in [0.2, 0.25) is 5.91 Å². The molecule has 5 heteroatoms. The summed E-state index contributed by atoms with van der Waals surface area (Å²) in [5, 5.41) is 6.43. The zero-order chi connectivity index (χ0) is 13.0. The van der Waals surface area contributed by atoms with E-state index in [0.29, 0.717) is 13.2 Å². The van der Waals surface area contributed by atoms with E-state index in [1.807, 2.05) is 6.92 Å². The normalized spacial score (nSPS) is 35.9. The van der Waals surface area contributed by atoms with Gasteiger partial charge in [-0.15, -0.1) is 0 Å². The number of hydrogen-bond acceptors (Lipinski definition) is 4. The summed E-state index contributed by atoms with van der Waals surface area (Å²) in [5.41, 5.74) is 0. The topological polar surface area (TPSA) is 59.6 Å². The number of amides is 1. The summed E-state index contributed by atoms with van der Waals surface area (Å²) in [6, 6.07) is 0.322. The van der Waals surface area contributed by atoms with Crippen molar-refractivity contribution in [1.82, 2.24) is 10.6 Å². The van der Waals surface area contributed by atoms with E-state index in [2.05, 4.69) is 10.6 Å². The summed E-state index contributed by atoms with van der Waals surface area (Å²) in [4.78, 5) is 12.3. The van der Waals surface area contributed by atoms with E-state index in [1.165, 1.54) is 0 Å². The predicted molar refractivity (Wildman–Crippen MR) is 68.4 cm³/mol. The number of rotatable bonds is 5. The standard InChI is InChI=1S/C13H24N2O3/c1-3-14-11-8-18-7-9(11)13(16)15-10-5-4-6-12(10)17-2/h9-12,14H,3-8H2,1-2H3,(H,15,16). The van der Waals surface area contributed by atoms with Gasteiger partial charge in [0, 0.05) is 13.2 Å². The van der Waals surface area contributed by atoms with Crippen molar-refractivity contribution in [2.75, 3.05) is 26.9 Å². The predicted octanol–water partition coefficient (Wildman–Crippen LogP) is 0.295. The minimum absolute atomic E-state index is 0.0666. The van der Waals surface area contributed by atoms with Crippen molar-refractivity contribution < 1.29 is 14.3 Å². The highest BCUT2D eigenvalue weighted by Gasteiger charge is 2.36. The van der Waals surface area contributed by atoms with E-state index < -0.39 is 0 Å². The third-order valence-electron chi connectivity index (χ3n) is 3.97. The lowest BCUT2D eigenvalue weighted by molar-refractivity contribution is -0.127. The average molecular weight is 256 g/mol. The van der Waals surface area contributed by atoms with E-state index in [9.17, 15) is 4.79 Å². The molecule has 0 aromatic carbocycles. The zero-order valence-electron chi connectivity index (χ0n) is 11.3. The van der Waals surface area contributed by atoms with E-state index >= 15 is 0 Å². The Morgan fingerprint density at radius 1 is 1.33 bits per heavy atom. The first kappa shape index (κ1) is 13.8. The molecule has 0 bridgehead atoms. The summed E-state index contributed by atoms with van der Waals surface area (Å²) < 4.78 is 10.8. The van der Waals surface area contributed by atoms with Crippen molar-refractivity contribution in [1.29, 1.82) is 0 Å². The van der Waals surface area contributed by atoms with E-state index in [1.54, 1.807) is 7.11 Å². The maximum absolute atomic E-state index is 12.3. The molecule has 1 aliphatic carbocycles. The molecule has 1 heterocycles. The fraction of sp³-hybridized carbons (Fsp3) is 0.923. The van der Waals surface area contributed by atoms with Crippen LogP contribution in [0.2, 0.25) is 0 Å². The van der Waals surface area contributed by atoms with Crippen molar-refractivity contribution in [3.05, 3.63) is 0 Å². The molecule has 0 radical (unpaired) electrons. The van der Waals surface area contributed by atoms with Gasteiger partial charge in [-0.1, -0.05) is 6.92 Å². The third-order valence-corrected chi connectivity index (χ3v) is 3.97. The molecule has 1 saturated heterocycles. The molecule has 0 spiro atoms. The zero-order valence-corrected chi connectivity index (χ0v) is 11.3. The summed E-state index contributed by atoms with van der Waals surface area (Å²) in [6.45, 7) is 4.06. The Balaban J connectivity index is 1.87. The van der Waals surface area contributed by atoms with Gasteiger partial charge in [-0.3, -0.25) is 4.79 Å². The van der Waals surface area contributed by atoms with E-state index in [0.717, 1.165) is 25.8 Å². The van der Waals surface area contributed by atoms with Crippen LogP contribution < -0.4 is 10.6 Å². The van der Waals surface area contributed by atoms with Gasteiger partial charge in [-0.05, 0) is 25.8 Å². The number of likely N-dealkylation sites (N-methyl/N-ethyl adjacent to an activating group) is 1. The van der Waals surface area contributed by atoms with Crippen LogP contribution in [0.15, 0.2) is 0 Å². The average Bonchev–Trinajstić information content (AvgIpc) is 2.98. The Morgan fingerprint density at radius 3 is 2.89 bits per heavy atom. The molecule has 2 aliphatic rings. The van der Waals surface area contributed by atoms with Crippen molar-refractivity contribution >= 4 is 5.91 Å². The third kappa shape index (κ3) is 3.02. The number of ether oxygens (including phenoxy) is 2. The molecule has 5 nitrogen and oxygen atoms in total. The van der Waals surface area contributed by atoms with Crippen LogP contribution >= 0.6 is 0 Å². The molecule has 1 amide bonds. The van der Waals surface area contributed by atoms with E-state index in [-0.39, 0.29) is 30.0 Å². The van der Waals surface area contributed by atoms with Gasteiger partial charge in [0.25, 0.3) is 0 Å². The summed E-state index contributed by atoms with van der Waals surface area (Å²) in [5.74, 6) is 0.0375. The molecule has 0 aromatic heterocycles. The SMILES string of the molecule is CCNC1COCC1C(=O)NC1CCCC1OC. The lowest BCUT2D eigenvalue weighted by atomic mass is 10.0. The van der Waals surface area contributed by atoms with Gasteiger partial charge in [0.15, 0.2) is 0 Å². The van der Waals surface area contributed by atoms with Gasteiger partial charge in [-0.25, -0.2) is 0 Å². The van der Waals surface area contributed by atoms with Crippen LogP contribution in [0, 0.1) is 5.92 Å². The lowest BCUT2D eigenvalue weighted by Crippen LogP contribution is -2.49. The number of methoxy groups -OCH3 is 1. The van der Waals surface area contributed by atoms with Crippen LogP contribution in [-0.2, 0) is 14.3 Å². The number of hydrogen-bond donors (Lipinski definition) is 2. The molecule has 2 fully saturated rings. The number of carbonyl (C=O) groups excluding carboxylic acids is 1. The van der Waals surface area contributed by atoms with E-state index in [4.69, 9.17) is 9.47 Å². The molecule has 0 aromatic rings. The van der Waals surface area contributed by atoms with Crippen LogP contribution in [-0.4, -0.2) is 51.0 Å². The number of nitrogens with one attached hydrogen (secondary N) is 2. The Morgan fingerprint density at radius 2 is 2.17 bits per heavy atom. The minimum Gasteiger partial charge on any atom is -0.379 e. The Kier molecular flexibility index (Phi) is 4.97. The maximum Gasteiger partial charge on any atom is 0.227 e. The van der Waals surface area contributed by atoms with Crippen molar-refractivity contribution in [2.24, 2.45) is 5.92 Å². The number of carbonyl (C=O) groups is 1. The molecule has 4 unspecified atom stereocenters. The largest absolute Gasteiger partial charge is 0.379 e. The fourth-order valence-electron chi connectivity index (χ4n) is 2.94. The lowest BCUT2D eigenvalue weighted by Gasteiger charge is -2.23. The highest BCUT2D eigenvalue weighted by atomic mass is 16.5. The summed E-state index contributed by atoms with van der Waals surface area (Å²) in [6.07, 6.45) is 3.36. The first-order valence-electron chi connectivity index (χ1n) is 6.90. The van der Waals surface area contributed by atoms with Crippen molar-refractivity contribution in [3.63, 3.8) is 0 Å². The van der Waals surface area contributed by atoms with Gasteiger partial charge in [-0.2, -0.15) is 0 Å². The van der Waals surface area contributed by atoms with Crippen LogP contribution in [0.3, 0.4) is 0 Å². The van der Waals surface area contributed by atoms with Crippen molar-refractivity contribution in [3.8, 4) is 0 Å². The van der Waals surface area contributed by atoms with Crippen LogP contribution in [0.4, 0.5) is 0 Å². The monoisotopic (exact) mass is 256 g/mol. The summed E-state index contributed by atoms with van der Waals surface area (Å²) in [7, 11) is 1.72. The van der Waals surface area contributed by atoms with Crippen LogP contribution in [0.5, 0.6) is 0 Å². The molecule has 4 atom stereocenters. The molecule has 1 saturated carbocycles. The second-order valence-corrected chi connectivity index (χ2v) is 5.13. The molecule has 2 N–H and O–H groups in total. The smallest absolute Gasteiger partial charge is 0.227 e. The maximum atomic E-state index is 12.3. The van der Waals surface area contributed by atoms with Gasteiger partial charge in [0.1, 0.15) is 0 Å². The Labute approximate surface area is 109 Å². The Hall–Kier alpha value is -0.650. The molecule has 1 aliphatic heterocycles. The van der Waals surface area contributed by atoms with Gasteiger partial charge >= 0.3 is 0 Å². The molecular weight excluding hydrogens is 232 g/mol. The molecule has 2 rings (SSSR count). The second kappa shape index (κ2) is 6.50. The second-order valence-electron chi connectivity index (χ2n) is 5.13. The Bertz CT molecular complexity index is 285. The van der Waals surface area contributed by atoms with Crippen LogP contribution in [0.25, 0.3) is 0 Å². The quantitative estimate of drug-likeness (QED) is 0.742. The summed E-state index contributed by atoms with van der Waals surface area (Å²) >= 11 is 0. The molecule has 18 heavy (non-hydrogen) atoms. The molecule has 104 valence electrons. The first-order chi connectivity index (χ1) is 8.76. The highest BCUT2D eigenvalue weighted by molar-refractivity contribution is 5.80. The minimum atomic E-state index is -0.0666. The van der Waals surface area contributed by atoms with Gasteiger partial charge < -0.3 is 20.1 Å². The molecular formula is C13H24N2O3. The first-order valence-corrected chi connectivity index (χ1v) is 6.90.